The van der Waals surface area contributed by atoms with Gasteiger partial charge in [-0.05, 0) is 5.56 Å². The van der Waals surface area contributed by atoms with Crippen molar-refractivity contribution in [3.63, 3.8) is 0 Å². The van der Waals surface area contributed by atoms with Crippen LogP contribution in [0.3, 0.4) is 0 Å². The Labute approximate surface area is 105 Å². The van der Waals surface area contributed by atoms with Crippen molar-refractivity contribution in [2.24, 2.45) is 5.73 Å². The molecule has 5 nitrogen and oxygen atoms in total. The number of aliphatic carboxylic acids is 1. The molecule has 0 radical (unpaired) electrons. The molecule has 1 aromatic heterocycles. The van der Waals surface area contributed by atoms with Crippen LogP contribution in [0.15, 0.2) is 42.7 Å². The second-order valence-electron chi connectivity index (χ2n) is 4.16. The maximum absolute atomic E-state index is 10.6. The number of benzene rings is 1. The van der Waals surface area contributed by atoms with Crippen LogP contribution in [0.1, 0.15) is 23.6 Å². The largest absolute Gasteiger partial charge is 0.481 e. The van der Waals surface area contributed by atoms with E-state index in [0.29, 0.717) is 6.54 Å². The molecule has 3 N–H and O–H groups in total. The SMILES string of the molecule is N[C@H](CC(=O)O)c1cnn(Cc2ccccc2)c1. The Morgan fingerprint density at radius 2 is 2.11 bits per heavy atom. The van der Waals surface area contributed by atoms with E-state index in [1.54, 1.807) is 17.1 Å². The highest BCUT2D eigenvalue weighted by molar-refractivity contribution is 5.67. The zero-order chi connectivity index (χ0) is 13.0. The van der Waals surface area contributed by atoms with E-state index in [9.17, 15) is 4.79 Å². The second-order valence-corrected chi connectivity index (χ2v) is 4.16. The third-order valence-corrected chi connectivity index (χ3v) is 2.66. The lowest BCUT2D eigenvalue weighted by molar-refractivity contribution is -0.137. The molecule has 2 aromatic rings. The van der Waals surface area contributed by atoms with E-state index in [0.717, 1.165) is 11.1 Å². The normalized spacial score (nSPS) is 12.3. The number of aromatic nitrogens is 2. The zero-order valence-corrected chi connectivity index (χ0v) is 9.86. The van der Waals surface area contributed by atoms with Crippen LogP contribution in [0, 0.1) is 0 Å². The van der Waals surface area contributed by atoms with Crippen LogP contribution in [-0.2, 0) is 11.3 Å². The van der Waals surface area contributed by atoms with Crippen molar-refractivity contribution in [1.29, 1.82) is 0 Å². The Morgan fingerprint density at radius 3 is 2.78 bits per heavy atom. The molecule has 0 aliphatic heterocycles. The molecule has 94 valence electrons. The first-order valence-corrected chi connectivity index (χ1v) is 5.69. The van der Waals surface area contributed by atoms with Crippen molar-refractivity contribution < 1.29 is 9.90 Å². The summed E-state index contributed by atoms with van der Waals surface area (Å²) in [6.07, 6.45) is 3.33. The van der Waals surface area contributed by atoms with Crippen LogP contribution in [0.5, 0.6) is 0 Å². The van der Waals surface area contributed by atoms with E-state index >= 15 is 0 Å². The maximum atomic E-state index is 10.6. The van der Waals surface area contributed by atoms with Crippen molar-refractivity contribution in [2.45, 2.75) is 19.0 Å². The average Bonchev–Trinajstić information content (AvgIpc) is 2.78. The molecule has 0 aliphatic carbocycles. The summed E-state index contributed by atoms with van der Waals surface area (Å²) in [5, 5.41) is 12.9. The standard InChI is InChI=1S/C13H15N3O2/c14-12(6-13(17)18)11-7-15-16(9-11)8-10-4-2-1-3-5-10/h1-5,7,9,12H,6,8,14H2,(H,17,18)/t12-/m1/s1. The van der Waals surface area contributed by atoms with Crippen molar-refractivity contribution in [3.8, 4) is 0 Å². The topological polar surface area (TPSA) is 81.1 Å². The quantitative estimate of drug-likeness (QED) is 0.834. The van der Waals surface area contributed by atoms with Gasteiger partial charge in [0.1, 0.15) is 0 Å². The summed E-state index contributed by atoms with van der Waals surface area (Å²) >= 11 is 0. The van der Waals surface area contributed by atoms with E-state index in [-0.39, 0.29) is 6.42 Å². The molecule has 0 unspecified atom stereocenters. The van der Waals surface area contributed by atoms with E-state index in [2.05, 4.69) is 5.10 Å². The lowest BCUT2D eigenvalue weighted by Crippen LogP contribution is -2.14. The first kappa shape index (κ1) is 12.3. The molecular weight excluding hydrogens is 230 g/mol. The number of hydrogen-bond donors (Lipinski definition) is 2. The molecule has 0 fully saturated rings. The van der Waals surface area contributed by atoms with Crippen LogP contribution in [0.25, 0.3) is 0 Å². The summed E-state index contributed by atoms with van der Waals surface area (Å²) in [6, 6.07) is 9.41. The van der Waals surface area contributed by atoms with Crippen LogP contribution in [-0.4, -0.2) is 20.9 Å². The number of carboxylic acid groups (broad SMARTS) is 1. The molecular formula is C13H15N3O2. The molecule has 0 bridgehead atoms. The lowest BCUT2D eigenvalue weighted by Gasteiger charge is -2.05. The first-order chi connectivity index (χ1) is 8.65. The van der Waals surface area contributed by atoms with Crippen LogP contribution >= 0.6 is 0 Å². The van der Waals surface area contributed by atoms with Crippen LogP contribution in [0.4, 0.5) is 0 Å². The fourth-order valence-corrected chi connectivity index (χ4v) is 1.73. The van der Waals surface area contributed by atoms with Crippen molar-refractivity contribution in [1.82, 2.24) is 9.78 Å². The molecule has 1 heterocycles. The predicted octanol–water partition coefficient (Wildman–Crippen LogP) is 1.41. The van der Waals surface area contributed by atoms with Crippen molar-refractivity contribution >= 4 is 5.97 Å². The minimum Gasteiger partial charge on any atom is -0.481 e. The van der Waals surface area contributed by atoms with Gasteiger partial charge in [0.25, 0.3) is 0 Å². The third-order valence-electron chi connectivity index (χ3n) is 2.66. The summed E-state index contributed by atoms with van der Waals surface area (Å²) in [7, 11) is 0. The Balaban J connectivity index is 2.04. The van der Waals surface area contributed by atoms with E-state index in [1.807, 2.05) is 30.3 Å². The van der Waals surface area contributed by atoms with Gasteiger partial charge in [0, 0.05) is 17.8 Å². The van der Waals surface area contributed by atoms with Gasteiger partial charge in [-0.25, -0.2) is 0 Å². The molecule has 2 rings (SSSR count). The average molecular weight is 245 g/mol. The molecule has 1 aromatic carbocycles. The summed E-state index contributed by atoms with van der Waals surface area (Å²) in [6.45, 7) is 0.653. The van der Waals surface area contributed by atoms with Gasteiger partial charge in [-0.1, -0.05) is 30.3 Å². The summed E-state index contributed by atoms with van der Waals surface area (Å²) < 4.78 is 1.76. The number of hydrogen-bond acceptors (Lipinski definition) is 3. The highest BCUT2D eigenvalue weighted by Crippen LogP contribution is 2.13. The van der Waals surface area contributed by atoms with Crippen LogP contribution < -0.4 is 5.73 Å². The van der Waals surface area contributed by atoms with Crippen molar-refractivity contribution in [2.75, 3.05) is 0 Å². The predicted molar refractivity (Wildman–Crippen MR) is 67.0 cm³/mol. The van der Waals surface area contributed by atoms with E-state index < -0.39 is 12.0 Å². The molecule has 0 aliphatic rings. The molecule has 0 saturated heterocycles. The van der Waals surface area contributed by atoms with Gasteiger partial charge in [-0.2, -0.15) is 5.10 Å². The summed E-state index contributed by atoms with van der Waals surface area (Å²) in [5.41, 5.74) is 7.65. The molecule has 0 amide bonds. The zero-order valence-electron chi connectivity index (χ0n) is 9.86. The number of carboxylic acids is 1. The van der Waals surface area contributed by atoms with Gasteiger partial charge >= 0.3 is 5.97 Å². The molecule has 18 heavy (non-hydrogen) atoms. The van der Waals surface area contributed by atoms with Gasteiger partial charge in [-0.3, -0.25) is 9.48 Å². The van der Waals surface area contributed by atoms with Gasteiger partial charge in [-0.15, -0.1) is 0 Å². The molecule has 1 atom stereocenters. The summed E-state index contributed by atoms with van der Waals surface area (Å²) in [5.74, 6) is -0.904. The van der Waals surface area contributed by atoms with Gasteiger partial charge in [0.2, 0.25) is 0 Å². The van der Waals surface area contributed by atoms with E-state index in [1.165, 1.54) is 0 Å². The Hall–Kier alpha value is -2.14. The lowest BCUT2D eigenvalue weighted by atomic mass is 10.1. The molecule has 0 saturated carbocycles. The Bertz CT molecular complexity index is 522. The van der Waals surface area contributed by atoms with E-state index in [4.69, 9.17) is 10.8 Å². The number of nitrogens with two attached hydrogens (primary N) is 1. The number of carbonyl (C=O) groups is 1. The smallest absolute Gasteiger partial charge is 0.305 e. The number of nitrogens with zero attached hydrogens (tertiary/aromatic N) is 2. The fourth-order valence-electron chi connectivity index (χ4n) is 1.73. The fraction of sp³-hybridized carbons (Fsp3) is 0.231. The Kier molecular flexibility index (Phi) is 3.74. The maximum Gasteiger partial charge on any atom is 0.305 e. The monoisotopic (exact) mass is 245 g/mol. The minimum absolute atomic E-state index is 0.0863. The first-order valence-electron chi connectivity index (χ1n) is 5.69. The van der Waals surface area contributed by atoms with Gasteiger partial charge < -0.3 is 10.8 Å². The third kappa shape index (κ3) is 3.18. The number of rotatable bonds is 5. The Morgan fingerprint density at radius 1 is 1.39 bits per heavy atom. The highest BCUT2D eigenvalue weighted by atomic mass is 16.4. The minimum atomic E-state index is -0.904. The molecule has 5 heteroatoms. The second kappa shape index (κ2) is 5.46. The highest BCUT2D eigenvalue weighted by Gasteiger charge is 2.12. The van der Waals surface area contributed by atoms with Gasteiger partial charge in [0.15, 0.2) is 0 Å². The van der Waals surface area contributed by atoms with Gasteiger partial charge in [0.05, 0.1) is 19.2 Å². The summed E-state index contributed by atoms with van der Waals surface area (Å²) in [4.78, 5) is 10.6. The molecule has 0 spiro atoms. The van der Waals surface area contributed by atoms with Crippen molar-refractivity contribution in [3.05, 3.63) is 53.9 Å². The van der Waals surface area contributed by atoms with Crippen LogP contribution in [0.2, 0.25) is 0 Å².